The highest BCUT2D eigenvalue weighted by atomic mass is 32.2. The number of amidine groups is 1. The Bertz CT molecular complexity index is 1120. The van der Waals surface area contributed by atoms with Gasteiger partial charge in [-0.25, -0.2) is 4.79 Å². The van der Waals surface area contributed by atoms with E-state index in [0.717, 1.165) is 11.3 Å². The summed E-state index contributed by atoms with van der Waals surface area (Å²) in [4.78, 5) is 43.6. The molecule has 2 rings (SSSR count). The first-order valence-electron chi connectivity index (χ1n) is 13.4. The number of aliphatic imine (C=N–C) groups is 1. The summed E-state index contributed by atoms with van der Waals surface area (Å²) in [6, 6.07) is 7.00. The molecule has 0 bridgehead atoms. The third kappa shape index (κ3) is 9.52. The second-order valence-corrected chi connectivity index (χ2v) is 11.9. The minimum absolute atomic E-state index is 0.0294. The minimum atomic E-state index is -1.14. The number of esters is 1. The van der Waals surface area contributed by atoms with E-state index in [0.29, 0.717) is 30.8 Å². The van der Waals surface area contributed by atoms with Crippen LogP contribution < -0.4 is 15.8 Å². The average Bonchev–Trinajstić information content (AvgIpc) is 3.15. The normalized spacial score (nSPS) is 19.0. The molecule has 220 valence electrons. The third-order valence-electron chi connectivity index (χ3n) is 6.29. The van der Waals surface area contributed by atoms with Crippen molar-refractivity contribution in [1.29, 1.82) is 0 Å². The lowest BCUT2D eigenvalue weighted by atomic mass is 9.84. The highest BCUT2D eigenvalue weighted by Gasteiger charge is 2.48. The Labute approximate surface area is 242 Å². The predicted octanol–water partition coefficient (Wildman–Crippen LogP) is 4.55. The van der Waals surface area contributed by atoms with Crippen molar-refractivity contribution in [2.45, 2.75) is 78.7 Å². The molecule has 40 heavy (non-hydrogen) atoms. The average molecular weight is 574 g/mol. The summed E-state index contributed by atoms with van der Waals surface area (Å²) in [5.74, 6) is -2.76. The molecule has 1 aliphatic rings. The van der Waals surface area contributed by atoms with Crippen molar-refractivity contribution in [2.75, 3.05) is 12.9 Å². The van der Waals surface area contributed by atoms with Gasteiger partial charge in [0.05, 0.1) is 23.5 Å². The molecule has 10 heteroatoms. The lowest BCUT2D eigenvalue weighted by Gasteiger charge is -2.33. The van der Waals surface area contributed by atoms with Gasteiger partial charge in [-0.2, -0.15) is 4.99 Å². The van der Waals surface area contributed by atoms with Gasteiger partial charge in [-0.3, -0.25) is 9.59 Å². The van der Waals surface area contributed by atoms with Crippen LogP contribution in [0.15, 0.2) is 52.9 Å². The van der Waals surface area contributed by atoms with Crippen LogP contribution in [0.4, 0.5) is 0 Å². The number of amides is 2. The van der Waals surface area contributed by atoms with Gasteiger partial charge in [-0.05, 0) is 61.6 Å². The van der Waals surface area contributed by atoms with Crippen molar-refractivity contribution in [1.82, 2.24) is 5.32 Å². The first kappa shape index (κ1) is 33.1. The van der Waals surface area contributed by atoms with Gasteiger partial charge in [0.1, 0.15) is 11.6 Å². The third-order valence-corrected chi connectivity index (χ3v) is 7.04. The molecule has 0 spiro atoms. The van der Waals surface area contributed by atoms with Crippen LogP contribution in [-0.4, -0.2) is 54.4 Å². The van der Waals surface area contributed by atoms with E-state index in [4.69, 9.17) is 19.9 Å². The lowest BCUT2D eigenvalue weighted by Crippen LogP contribution is -2.55. The van der Waals surface area contributed by atoms with Crippen molar-refractivity contribution in [2.24, 2.45) is 22.1 Å². The van der Waals surface area contributed by atoms with Crippen molar-refractivity contribution in [3.8, 4) is 5.75 Å². The number of rotatable bonds is 13. The molecule has 1 fully saturated rings. The number of carbonyl (C=O) groups is 3. The fraction of sp³-hybridized carbons (Fsp3) is 0.533. The zero-order chi connectivity index (χ0) is 30.1. The zero-order valence-corrected chi connectivity index (χ0v) is 25.4. The van der Waals surface area contributed by atoms with Gasteiger partial charge in [-0.15, -0.1) is 11.8 Å². The first-order chi connectivity index (χ1) is 18.7. The molecule has 1 heterocycles. The van der Waals surface area contributed by atoms with Gasteiger partial charge in [0, 0.05) is 13.8 Å². The number of thioether (sulfide) groups is 1. The number of aryl methyl sites for hydroxylation is 1. The summed E-state index contributed by atoms with van der Waals surface area (Å²) in [5.41, 5.74) is 6.79. The Morgan fingerprint density at radius 1 is 1.27 bits per heavy atom. The van der Waals surface area contributed by atoms with E-state index in [2.05, 4.69) is 16.9 Å². The lowest BCUT2D eigenvalue weighted by molar-refractivity contribution is -0.162. The van der Waals surface area contributed by atoms with Gasteiger partial charge in [0.25, 0.3) is 5.91 Å². The summed E-state index contributed by atoms with van der Waals surface area (Å²) in [6.07, 6.45) is 5.40. The Morgan fingerprint density at radius 3 is 2.42 bits per heavy atom. The number of benzene rings is 1. The first-order valence-corrected chi connectivity index (χ1v) is 14.6. The molecule has 3 unspecified atom stereocenters. The van der Waals surface area contributed by atoms with E-state index in [1.165, 1.54) is 17.8 Å². The largest absolute Gasteiger partial charge is 0.494 e. The van der Waals surface area contributed by atoms with E-state index >= 15 is 0 Å². The molecule has 3 atom stereocenters. The van der Waals surface area contributed by atoms with Crippen LogP contribution in [0.3, 0.4) is 0 Å². The van der Waals surface area contributed by atoms with Crippen LogP contribution in [0.2, 0.25) is 0 Å². The zero-order valence-electron chi connectivity index (χ0n) is 24.6. The van der Waals surface area contributed by atoms with Gasteiger partial charge in [-0.1, -0.05) is 45.6 Å². The fourth-order valence-electron chi connectivity index (χ4n) is 4.34. The van der Waals surface area contributed by atoms with E-state index in [1.54, 1.807) is 26.2 Å². The molecule has 1 aromatic carbocycles. The van der Waals surface area contributed by atoms with Crippen molar-refractivity contribution in [3.63, 3.8) is 0 Å². The molecule has 0 aromatic heterocycles. The number of hydrogen-bond donors (Lipinski definition) is 2. The molecule has 0 aliphatic carbocycles. The van der Waals surface area contributed by atoms with Crippen LogP contribution in [0, 0.1) is 11.3 Å². The number of ether oxygens (including phenoxy) is 3. The Morgan fingerprint density at radius 2 is 1.93 bits per heavy atom. The number of carbonyl (C=O) groups excluding carboxylic acids is 3. The predicted molar refractivity (Wildman–Crippen MR) is 159 cm³/mol. The van der Waals surface area contributed by atoms with Gasteiger partial charge in [0.15, 0.2) is 6.10 Å². The molecule has 9 nitrogen and oxygen atoms in total. The van der Waals surface area contributed by atoms with Crippen molar-refractivity contribution in [3.05, 3.63) is 53.5 Å². The monoisotopic (exact) mass is 573 g/mol. The Kier molecular flexibility index (Phi) is 12.0. The molecule has 3 N–H and O–H groups in total. The van der Waals surface area contributed by atoms with E-state index in [-0.39, 0.29) is 5.84 Å². The molecule has 1 aromatic rings. The molecule has 0 radical (unpaired) electrons. The second-order valence-electron chi connectivity index (χ2n) is 11.1. The molecule has 1 saturated heterocycles. The van der Waals surface area contributed by atoms with Crippen molar-refractivity contribution < 1.29 is 28.6 Å². The van der Waals surface area contributed by atoms with Crippen LogP contribution in [0.25, 0.3) is 0 Å². The van der Waals surface area contributed by atoms with Crippen LogP contribution >= 0.6 is 11.8 Å². The quantitative estimate of drug-likeness (QED) is 0.116. The number of nitrogens with zero attached hydrogens (tertiary/aromatic N) is 1. The van der Waals surface area contributed by atoms with Gasteiger partial charge in [0.2, 0.25) is 11.7 Å². The fourth-order valence-corrected chi connectivity index (χ4v) is 4.80. The number of cyclic esters (lactones) is 1. The highest BCUT2D eigenvalue weighted by Crippen LogP contribution is 2.31. The maximum Gasteiger partial charge on any atom is 0.338 e. The maximum atomic E-state index is 13.7. The Hall–Kier alpha value is -3.11. The summed E-state index contributed by atoms with van der Waals surface area (Å²) in [7, 11) is 0. The van der Waals surface area contributed by atoms with Crippen molar-refractivity contribution >= 4 is 35.4 Å². The summed E-state index contributed by atoms with van der Waals surface area (Å²) in [5, 5.41) is 2.95. The smallest absolute Gasteiger partial charge is 0.338 e. The van der Waals surface area contributed by atoms with E-state index < -0.39 is 47.0 Å². The van der Waals surface area contributed by atoms with Crippen LogP contribution in [0.1, 0.15) is 59.9 Å². The topological polar surface area (TPSA) is 129 Å². The van der Waals surface area contributed by atoms with Gasteiger partial charge < -0.3 is 25.3 Å². The van der Waals surface area contributed by atoms with E-state index in [9.17, 15) is 14.4 Å². The SMILES string of the molecule is C=C/C=C(\SC)C(=O)N=C(N)C(NC(=O)C(CCCc1ccc(OCC)cc1)C1OC(C)(C)OC1=O)C(C)(C)C. The standard InChI is InChI=1S/C30H43N3O6S/c1-9-12-22(40-8)27(35)33-25(31)24(29(3,4)5)32-26(34)21(23-28(36)39-30(6,7)38-23)14-11-13-19-15-17-20(18-16-19)37-10-2/h9,12,15-18,21,23-24H,1,10-11,13-14H2,2-8H3,(H,32,34)(H2,31,33,35)/b22-12-. The molecule has 2 amide bonds. The van der Waals surface area contributed by atoms with Gasteiger partial charge >= 0.3 is 5.97 Å². The number of nitrogens with two attached hydrogens (primary N) is 1. The van der Waals surface area contributed by atoms with Crippen LogP contribution in [-0.2, 0) is 30.3 Å². The number of hydrogen-bond acceptors (Lipinski definition) is 7. The van der Waals surface area contributed by atoms with Crippen LogP contribution in [0.5, 0.6) is 5.75 Å². The molecular weight excluding hydrogens is 530 g/mol. The number of allylic oxidation sites excluding steroid dienone is 2. The summed E-state index contributed by atoms with van der Waals surface area (Å²) < 4.78 is 16.7. The van der Waals surface area contributed by atoms with E-state index in [1.807, 2.05) is 52.0 Å². The molecular formula is C30H43N3O6S. The summed E-state index contributed by atoms with van der Waals surface area (Å²) >= 11 is 1.23. The second kappa shape index (κ2) is 14.5. The maximum absolute atomic E-state index is 13.7. The molecule has 0 saturated carbocycles. The summed E-state index contributed by atoms with van der Waals surface area (Å²) in [6.45, 7) is 15.0. The minimum Gasteiger partial charge on any atom is -0.494 e. The Balaban J connectivity index is 2.27. The molecule has 1 aliphatic heterocycles. The number of nitrogens with one attached hydrogen (secondary N) is 1. The highest BCUT2D eigenvalue weighted by molar-refractivity contribution is 8.03.